The Morgan fingerprint density at radius 1 is 1.21 bits per heavy atom. The molecule has 0 spiro atoms. The van der Waals surface area contributed by atoms with E-state index in [0.29, 0.717) is 10.6 Å². The lowest BCUT2D eigenvalue weighted by atomic mass is 10.2. The van der Waals surface area contributed by atoms with Crippen molar-refractivity contribution < 1.29 is 8.42 Å². The Hall–Kier alpha value is -1.86. The van der Waals surface area contributed by atoms with E-state index in [-0.39, 0.29) is 13.1 Å². The van der Waals surface area contributed by atoms with Crippen LogP contribution in [0.15, 0.2) is 29.7 Å². The summed E-state index contributed by atoms with van der Waals surface area (Å²) in [5.74, 6) is 0. The Balaban J connectivity index is 3.00. The van der Waals surface area contributed by atoms with Gasteiger partial charge in [0, 0.05) is 10.4 Å². The van der Waals surface area contributed by atoms with Gasteiger partial charge < -0.3 is 0 Å². The Bertz CT molecular complexity index is 640. The molecule has 98 valence electrons. The fourth-order valence-corrected chi connectivity index (χ4v) is 2.41. The van der Waals surface area contributed by atoms with Crippen LogP contribution in [0.3, 0.4) is 0 Å². The summed E-state index contributed by atoms with van der Waals surface area (Å²) in [6.07, 6.45) is 1.33. The van der Waals surface area contributed by atoms with Gasteiger partial charge in [0.05, 0.1) is 12.1 Å². The molecule has 1 rings (SSSR count). The van der Waals surface area contributed by atoms with Gasteiger partial charge in [-0.1, -0.05) is 29.8 Å². The third kappa shape index (κ3) is 4.38. The van der Waals surface area contributed by atoms with Crippen molar-refractivity contribution in [2.75, 3.05) is 13.1 Å². The molecule has 0 heterocycles. The zero-order chi connectivity index (χ0) is 14.3. The maximum absolute atomic E-state index is 11.9. The molecule has 0 amide bonds. The number of nitriles is 2. The van der Waals surface area contributed by atoms with E-state index in [1.807, 2.05) is 0 Å². The molecular weight excluding hydrogens is 286 g/mol. The summed E-state index contributed by atoms with van der Waals surface area (Å²) in [5.41, 5.74) is 0.543. The highest BCUT2D eigenvalue weighted by Crippen LogP contribution is 2.17. The summed E-state index contributed by atoms with van der Waals surface area (Å²) in [6.45, 7) is -0.745. The third-order valence-electron chi connectivity index (χ3n) is 2.18. The van der Waals surface area contributed by atoms with Crippen LogP contribution in [0, 0.1) is 22.7 Å². The third-order valence-corrected chi connectivity index (χ3v) is 3.98. The summed E-state index contributed by atoms with van der Waals surface area (Å²) in [7, 11) is -3.81. The number of hydrogen-bond donors (Lipinski definition) is 0. The second-order valence-electron chi connectivity index (χ2n) is 3.45. The topological polar surface area (TPSA) is 85.0 Å². The van der Waals surface area contributed by atoms with Crippen LogP contribution in [0.5, 0.6) is 0 Å². The second kappa shape index (κ2) is 6.91. The van der Waals surface area contributed by atoms with Crippen molar-refractivity contribution in [1.29, 1.82) is 10.5 Å². The minimum Gasteiger partial charge on any atom is -0.207 e. The van der Waals surface area contributed by atoms with E-state index in [2.05, 4.69) is 0 Å². The molecule has 19 heavy (non-hydrogen) atoms. The monoisotopic (exact) mass is 295 g/mol. The maximum Gasteiger partial charge on any atom is 0.238 e. The molecule has 0 aliphatic heterocycles. The number of rotatable bonds is 5. The molecule has 5 nitrogen and oxygen atoms in total. The van der Waals surface area contributed by atoms with E-state index >= 15 is 0 Å². The van der Waals surface area contributed by atoms with Gasteiger partial charge in [-0.3, -0.25) is 0 Å². The summed E-state index contributed by atoms with van der Waals surface area (Å²) >= 11 is 5.89. The van der Waals surface area contributed by atoms with Crippen LogP contribution in [-0.2, 0) is 10.0 Å². The molecule has 0 aromatic heterocycles. The van der Waals surface area contributed by atoms with Crippen LogP contribution in [0.25, 0.3) is 6.08 Å². The van der Waals surface area contributed by atoms with Gasteiger partial charge in [-0.2, -0.15) is 14.8 Å². The van der Waals surface area contributed by atoms with Gasteiger partial charge in [-0.15, -0.1) is 0 Å². The molecule has 0 aliphatic rings. The molecule has 0 saturated heterocycles. The molecular formula is C12H10ClN3O2S. The predicted molar refractivity (Wildman–Crippen MR) is 72.2 cm³/mol. The van der Waals surface area contributed by atoms with Crippen molar-refractivity contribution in [3.05, 3.63) is 40.3 Å². The van der Waals surface area contributed by atoms with E-state index in [1.54, 1.807) is 36.4 Å². The summed E-state index contributed by atoms with van der Waals surface area (Å²) in [5, 5.41) is 18.4. The Morgan fingerprint density at radius 2 is 1.79 bits per heavy atom. The highest BCUT2D eigenvalue weighted by Gasteiger charge is 2.18. The van der Waals surface area contributed by atoms with Crippen LogP contribution < -0.4 is 0 Å². The van der Waals surface area contributed by atoms with Crippen molar-refractivity contribution in [1.82, 2.24) is 4.31 Å². The van der Waals surface area contributed by atoms with Crippen molar-refractivity contribution in [2.45, 2.75) is 0 Å². The largest absolute Gasteiger partial charge is 0.238 e. The van der Waals surface area contributed by atoms with Crippen LogP contribution in [0.1, 0.15) is 5.56 Å². The smallest absolute Gasteiger partial charge is 0.207 e. The molecule has 0 bridgehead atoms. The molecule has 0 radical (unpaired) electrons. The average Bonchev–Trinajstić information content (AvgIpc) is 2.37. The van der Waals surface area contributed by atoms with E-state index < -0.39 is 10.0 Å². The minimum atomic E-state index is -3.81. The lowest BCUT2D eigenvalue weighted by Gasteiger charge is -2.12. The fraction of sp³-hybridized carbons (Fsp3) is 0.167. The van der Waals surface area contributed by atoms with Crippen LogP contribution in [0.4, 0.5) is 0 Å². The lowest BCUT2D eigenvalue weighted by molar-refractivity contribution is 0.488. The first kappa shape index (κ1) is 15.2. The van der Waals surface area contributed by atoms with Crippen molar-refractivity contribution in [3.8, 4) is 12.1 Å². The zero-order valence-corrected chi connectivity index (χ0v) is 11.4. The van der Waals surface area contributed by atoms with Gasteiger partial charge in [-0.25, -0.2) is 8.42 Å². The SMILES string of the molecule is N#CCN(CC#N)S(=O)(=O)C=Cc1ccccc1Cl. The Morgan fingerprint density at radius 3 is 2.32 bits per heavy atom. The van der Waals surface area contributed by atoms with Gasteiger partial charge in [0.1, 0.15) is 13.1 Å². The number of hydrogen-bond acceptors (Lipinski definition) is 4. The quantitative estimate of drug-likeness (QED) is 0.777. The minimum absolute atomic E-state index is 0.372. The van der Waals surface area contributed by atoms with Gasteiger partial charge in [0.2, 0.25) is 10.0 Å². The van der Waals surface area contributed by atoms with E-state index in [9.17, 15) is 8.42 Å². The molecule has 0 fully saturated rings. The molecule has 1 aromatic rings. The van der Waals surface area contributed by atoms with Crippen molar-refractivity contribution in [3.63, 3.8) is 0 Å². The number of nitrogens with zero attached hydrogens (tertiary/aromatic N) is 3. The molecule has 0 atom stereocenters. The zero-order valence-electron chi connectivity index (χ0n) is 9.82. The summed E-state index contributed by atoms with van der Waals surface area (Å²) < 4.78 is 24.6. The van der Waals surface area contributed by atoms with E-state index in [4.69, 9.17) is 22.1 Å². The van der Waals surface area contributed by atoms with Crippen molar-refractivity contribution >= 4 is 27.7 Å². The standard InChI is InChI=1S/C12H10ClN3O2S/c13-12-4-2-1-3-11(12)5-10-19(17,18)16(8-6-14)9-7-15/h1-5,10H,8-9H2. The van der Waals surface area contributed by atoms with Crippen molar-refractivity contribution in [2.24, 2.45) is 0 Å². The van der Waals surface area contributed by atoms with Crippen LogP contribution in [-0.4, -0.2) is 25.8 Å². The fourth-order valence-electron chi connectivity index (χ4n) is 1.25. The molecule has 0 saturated carbocycles. The van der Waals surface area contributed by atoms with E-state index in [0.717, 1.165) is 9.71 Å². The van der Waals surface area contributed by atoms with Crippen LogP contribution in [0.2, 0.25) is 5.02 Å². The molecule has 0 unspecified atom stereocenters. The normalized spacial score (nSPS) is 11.4. The number of benzene rings is 1. The molecule has 0 N–H and O–H groups in total. The van der Waals surface area contributed by atoms with Gasteiger partial charge in [-0.05, 0) is 17.7 Å². The molecule has 0 aliphatic carbocycles. The first-order chi connectivity index (χ1) is 9.01. The molecule has 7 heteroatoms. The number of halogens is 1. The second-order valence-corrected chi connectivity index (χ2v) is 5.68. The van der Waals surface area contributed by atoms with Gasteiger partial charge in [0.15, 0.2) is 0 Å². The Labute approximate surface area is 117 Å². The highest BCUT2D eigenvalue weighted by molar-refractivity contribution is 7.92. The number of sulfonamides is 1. The highest BCUT2D eigenvalue weighted by atomic mass is 35.5. The van der Waals surface area contributed by atoms with Gasteiger partial charge in [0.25, 0.3) is 0 Å². The molecule has 1 aromatic carbocycles. The van der Waals surface area contributed by atoms with E-state index in [1.165, 1.54) is 6.08 Å². The summed E-state index contributed by atoms with van der Waals surface area (Å²) in [6, 6.07) is 10.2. The van der Waals surface area contributed by atoms with Gasteiger partial charge >= 0.3 is 0 Å². The lowest BCUT2D eigenvalue weighted by Crippen LogP contribution is -2.30. The Kier molecular flexibility index (Phi) is 5.53. The average molecular weight is 296 g/mol. The van der Waals surface area contributed by atoms with Crippen LogP contribution >= 0.6 is 11.6 Å². The summed E-state index contributed by atoms with van der Waals surface area (Å²) in [4.78, 5) is 0. The first-order valence-corrected chi connectivity index (χ1v) is 7.06. The maximum atomic E-state index is 11.9. The predicted octanol–water partition coefficient (Wildman–Crippen LogP) is 1.99. The first-order valence-electron chi connectivity index (χ1n) is 5.18.